The number of urea groups is 1. The van der Waals surface area contributed by atoms with Gasteiger partial charge in [0.2, 0.25) is 0 Å². The van der Waals surface area contributed by atoms with Crippen LogP contribution in [0.15, 0.2) is 0 Å². The molecule has 3 rings (SSSR count). The molecule has 3 fully saturated rings. The van der Waals surface area contributed by atoms with E-state index in [0.717, 1.165) is 12.3 Å². The Hall–Kier alpha value is -1.26. The average Bonchev–Trinajstić information content (AvgIpc) is 3.02. The second-order valence-electron chi connectivity index (χ2n) is 6.62. The number of nitrogens with zero attached hydrogens (tertiary/aromatic N) is 1. The number of hydrogen-bond donors (Lipinski definition) is 2. The fourth-order valence-electron chi connectivity index (χ4n) is 3.86. The van der Waals surface area contributed by atoms with Crippen LogP contribution >= 0.6 is 0 Å². The molecule has 5 heteroatoms. The number of carbonyl (C=O) groups excluding carboxylic acids is 1. The van der Waals surface area contributed by atoms with Crippen LogP contribution in [0.4, 0.5) is 4.79 Å². The van der Waals surface area contributed by atoms with Crippen LogP contribution in [-0.2, 0) is 4.79 Å². The summed E-state index contributed by atoms with van der Waals surface area (Å²) in [5.41, 5.74) is 0. The largest absolute Gasteiger partial charge is 0.481 e. The zero-order chi connectivity index (χ0) is 14.1. The van der Waals surface area contributed by atoms with Crippen LogP contribution in [-0.4, -0.2) is 41.1 Å². The molecule has 1 heterocycles. The summed E-state index contributed by atoms with van der Waals surface area (Å²) in [5, 5.41) is 12.1. The lowest BCUT2D eigenvalue weighted by Gasteiger charge is -2.22. The highest BCUT2D eigenvalue weighted by Crippen LogP contribution is 2.44. The maximum Gasteiger partial charge on any atom is 0.317 e. The first-order valence-electron chi connectivity index (χ1n) is 7.93. The van der Waals surface area contributed by atoms with Crippen molar-refractivity contribution in [2.24, 2.45) is 17.8 Å². The fraction of sp³-hybridized carbons (Fsp3) is 0.867. The Kier molecular flexibility index (Phi) is 3.85. The van der Waals surface area contributed by atoms with E-state index in [1.807, 2.05) is 0 Å². The van der Waals surface area contributed by atoms with Gasteiger partial charge < -0.3 is 15.3 Å². The molecule has 0 spiro atoms. The predicted molar refractivity (Wildman–Crippen MR) is 74.3 cm³/mol. The highest BCUT2D eigenvalue weighted by atomic mass is 16.4. The quantitative estimate of drug-likeness (QED) is 0.831. The summed E-state index contributed by atoms with van der Waals surface area (Å²) in [6.07, 6.45) is 8.39. The SMILES string of the molecule is O=C(O)C1CCN(C(=O)N[C@@H]2C[C@H]2C2CCCCC2)C1. The van der Waals surface area contributed by atoms with E-state index in [1.165, 1.54) is 32.1 Å². The number of nitrogens with one attached hydrogen (secondary N) is 1. The van der Waals surface area contributed by atoms with Gasteiger partial charge in [-0.2, -0.15) is 0 Å². The van der Waals surface area contributed by atoms with Crippen molar-refractivity contribution in [3.05, 3.63) is 0 Å². The van der Waals surface area contributed by atoms with E-state index >= 15 is 0 Å². The first kappa shape index (κ1) is 13.7. The molecule has 0 bridgehead atoms. The molecule has 1 unspecified atom stereocenters. The zero-order valence-electron chi connectivity index (χ0n) is 11.9. The van der Waals surface area contributed by atoms with E-state index in [4.69, 9.17) is 5.11 Å². The molecule has 5 nitrogen and oxygen atoms in total. The highest BCUT2D eigenvalue weighted by Gasteiger charge is 2.44. The fourth-order valence-corrected chi connectivity index (χ4v) is 3.86. The molecular weight excluding hydrogens is 256 g/mol. The van der Waals surface area contributed by atoms with E-state index in [2.05, 4.69) is 5.32 Å². The number of carboxylic acids is 1. The van der Waals surface area contributed by atoms with Crippen molar-refractivity contribution in [3.8, 4) is 0 Å². The summed E-state index contributed by atoms with van der Waals surface area (Å²) in [4.78, 5) is 24.7. The van der Waals surface area contributed by atoms with Crippen LogP contribution in [0, 0.1) is 17.8 Å². The molecule has 0 aromatic rings. The molecule has 20 heavy (non-hydrogen) atoms. The molecule has 3 atom stereocenters. The number of carbonyl (C=O) groups is 2. The van der Waals surface area contributed by atoms with E-state index < -0.39 is 5.97 Å². The van der Waals surface area contributed by atoms with Crippen molar-refractivity contribution in [3.63, 3.8) is 0 Å². The lowest BCUT2D eigenvalue weighted by Crippen LogP contribution is -2.40. The number of aliphatic carboxylic acids is 1. The second kappa shape index (κ2) is 5.62. The van der Waals surface area contributed by atoms with Crippen LogP contribution < -0.4 is 5.32 Å². The monoisotopic (exact) mass is 280 g/mol. The van der Waals surface area contributed by atoms with Gasteiger partial charge in [-0.1, -0.05) is 32.1 Å². The molecule has 1 saturated heterocycles. The number of carboxylic acid groups (broad SMARTS) is 1. The van der Waals surface area contributed by atoms with Gasteiger partial charge in [-0.05, 0) is 24.7 Å². The third-order valence-corrected chi connectivity index (χ3v) is 5.23. The Labute approximate surface area is 119 Å². The number of amides is 2. The van der Waals surface area contributed by atoms with E-state index in [-0.39, 0.29) is 11.9 Å². The van der Waals surface area contributed by atoms with Crippen molar-refractivity contribution in [1.29, 1.82) is 0 Å². The summed E-state index contributed by atoms with van der Waals surface area (Å²) < 4.78 is 0. The van der Waals surface area contributed by atoms with E-state index in [1.54, 1.807) is 4.90 Å². The molecule has 0 aromatic carbocycles. The van der Waals surface area contributed by atoms with Gasteiger partial charge >= 0.3 is 12.0 Å². The van der Waals surface area contributed by atoms with Crippen LogP contribution in [0.2, 0.25) is 0 Å². The predicted octanol–water partition coefficient (Wildman–Crippen LogP) is 2.07. The summed E-state index contributed by atoms with van der Waals surface area (Å²) in [6.45, 7) is 0.936. The van der Waals surface area contributed by atoms with Gasteiger partial charge in [0.05, 0.1) is 5.92 Å². The minimum atomic E-state index is -0.785. The van der Waals surface area contributed by atoms with Gasteiger partial charge in [-0.25, -0.2) is 4.79 Å². The third-order valence-electron chi connectivity index (χ3n) is 5.23. The lowest BCUT2D eigenvalue weighted by atomic mass is 9.85. The smallest absolute Gasteiger partial charge is 0.317 e. The van der Waals surface area contributed by atoms with Gasteiger partial charge in [0.25, 0.3) is 0 Å². The molecule has 3 aliphatic rings. The Morgan fingerprint density at radius 1 is 1.10 bits per heavy atom. The van der Waals surface area contributed by atoms with Crippen molar-refractivity contribution < 1.29 is 14.7 Å². The average molecular weight is 280 g/mol. The zero-order valence-corrected chi connectivity index (χ0v) is 11.9. The second-order valence-corrected chi connectivity index (χ2v) is 6.62. The molecule has 2 saturated carbocycles. The summed E-state index contributed by atoms with van der Waals surface area (Å²) >= 11 is 0. The van der Waals surface area contributed by atoms with Crippen LogP contribution in [0.3, 0.4) is 0 Å². The number of hydrogen-bond acceptors (Lipinski definition) is 2. The lowest BCUT2D eigenvalue weighted by molar-refractivity contribution is -0.141. The van der Waals surface area contributed by atoms with Gasteiger partial charge in [-0.15, -0.1) is 0 Å². The van der Waals surface area contributed by atoms with Gasteiger partial charge in [-0.3, -0.25) is 4.79 Å². The summed E-state index contributed by atoms with van der Waals surface area (Å²) in [6, 6.07) is 0.284. The molecular formula is C15H24N2O3. The molecule has 2 amide bonds. The Bertz CT molecular complexity index is 393. The first-order valence-corrected chi connectivity index (χ1v) is 7.93. The normalized spacial score (nSPS) is 34.0. The van der Waals surface area contributed by atoms with E-state index in [0.29, 0.717) is 31.5 Å². The molecule has 2 aliphatic carbocycles. The molecule has 0 radical (unpaired) electrons. The van der Waals surface area contributed by atoms with Crippen molar-refractivity contribution in [1.82, 2.24) is 10.2 Å². The Morgan fingerprint density at radius 3 is 2.50 bits per heavy atom. The standard InChI is InChI=1S/C15H24N2O3/c18-14(19)11-6-7-17(9-11)15(20)16-13-8-12(13)10-4-2-1-3-5-10/h10-13H,1-9H2,(H,16,20)(H,18,19)/t11?,12-,13+/m0/s1. The van der Waals surface area contributed by atoms with Crippen LogP contribution in [0.1, 0.15) is 44.9 Å². The highest BCUT2D eigenvalue weighted by molar-refractivity contribution is 5.77. The number of rotatable bonds is 3. The molecule has 2 N–H and O–H groups in total. The van der Waals surface area contributed by atoms with Gasteiger partial charge in [0.1, 0.15) is 0 Å². The summed E-state index contributed by atoms with van der Waals surface area (Å²) in [7, 11) is 0. The van der Waals surface area contributed by atoms with Crippen LogP contribution in [0.5, 0.6) is 0 Å². The molecule has 112 valence electrons. The Balaban J connectivity index is 1.43. The van der Waals surface area contributed by atoms with Crippen molar-refractivity contribution in [2.75, 3.05) is 13.1 Å². The van der Waals surface area contributed by atoms with Gasteiger partial charge in [0.15, 0.2) is 0 Å². The third kappa shape index (κ3) is 2.91. The first-order chi connectivity index (χ1) is 9.65. The number of likely N-dealkylation sites (tertiary alicyclic amines) is 1. The molecule has 0 aromatic heterocycles. The Morgan fingerprint density at radius 2 is 1.85 bits per heavy atom. The van der Waals surface area contributed by atoms with Crippen LogP contribution in [0.25, 0.3) is 0 Å². The molecule has 1 aliphatic heterocycles. The van der Waals surface area contributed by atoms with E-state index in [9.17, 15) is 9.59 Å². The minimum Gasteiger partial charge on any atom is -0.481 e. The maximum atomic E-state index is 12.1. The van der Waals surface area contributed by atoms with Crippen molar-refractivity contribution >= 4 is 12.0 Å². The maximum absolute atomic E-state index is 12.1. The minimum absolute atomic E-state index is 0.0583. The van der Waals surface area contributed by atoms with Gasteiger partial charge in [0, 0.05) is 19.1 Å². The topological polar surface area (TPSA) is 69.6 Å². The van der Waals surface area contributed by atoms with Crippen molar-refractivity contribution in [2.45, 2.75) is 51.0 Å². The summed E-state index contributed by atoms with van der Waals surface area (Å²) in [5.74, 6) is 0.317.